The summed E-state index contributed by atoms with van der Waals surface area (Å²) in [7, 11) is 0. The van der Waals surface area contributed by atoms with Crippen LogP contribution in [-0.2, 0) is 6.42 Å². The quantitative estimate of drug-likeness (QED) is 0.455. The van der Waals surface area contributed by atoms with Crippen molar-refractivity contribution in [2.24, 2.45) is 0 Å². The van der Waals surface area contributed by atoms with Crippen molar-refractivity contribution in [3.05, 3.63) is 65.1 Å². The Balaban J connectivity index is 1.64. The van der Waals surface area contributed by atoms with Crippen molar-refractivity contribution in [3.63, 3.8) is 0 Å². The zero-order chi connectivity index (χ0) is 21.5. The highest BCUT2D eigenvalue weighted by molar-refractivity contribution is 5.97. The van der Waals surface area contributed by atoms with E-state index in [-0.39, 0.29) is 23.5 Å². The van der Waals surface area contributed by atoms with Gasteiger partial charge in [0.2, 0.25) is 0 Å². The first-order chi connectivity index (χ1) is 14.2. The molecule has 2 N–H and O–H groups in total. The number of rotatable bonds is 5. The van der Waals surface area contributed by atoms with Gasteiger partial charge >= 0.3 is 6.36 Å². The Bertz CT molecular complexity index is 1240. The van der Waals surface area contributed by atoms with E-state index in [4.69, 9.17) is 0 Å². The zero-order valence-corrected chi connectivity index (χ0v) is 16.1. The van der Waals surface area contributed by atoms with Gasteiger partial charge in [0.15, 0.2) is 5.78 Å². The van der Waals surface area contributed by atoms with Crippen molar-refractivity contribution in [2.75, 3.05) is 0 Å². The molecule has 0 unspecified atom stereocenters. The Hall–Kier alpha value is -3.62. The van der Waals surface area contributed by atoms with Gasteiger partial charge in [-0.1, -0.05) is 12.1 Å². The predicted molar refractivity (Wildman–Crippen MR) is 104 cm³/mol. The van der Waals surface area contributed by atoms with Gasteiger partial charge in [0, 0.05) is 34.8 Å². The van der Waals surface area contributed by atoms with E-state index in [1.807, 2.05) is 13.8 Å². The fourth-order valence-electron chi connectivity index (χ4n) is 3.23. The van der Waals surface area contributed by atoms with Gasteiger partial charge in [-0.15, -0.1) is 13.2 Å². The molecular weight excluding hydrogens is 397 g/mol. The minimum Gasteiger partial charge on any atom is -0.405 e. The summed E-state index contributed by atoms with van der Waals surface area (Å²) in [5.41, 5.74) is 3.89. The predicted octanol–water partition coefficient (Wildman–Crippen LogP) is 4.89. The third-order valence-corrected chi connectivity index (χ3v) is 4.81. The number of carbonyl (C=O) groups is 1. The summed E-state index contributed by atoms with van der Waals surface area (Å²) in [6.45, 7) is 3.67. The molecule has 0 radical (unpaired) electrons. The number of benzene rings is 1. The average molecular weight is 414 g/mol. The molecular formula is C21H17F3N4O2. The number of nitrogens with one attached hydrogen (secondary N) is 2. The van der Waals surface area contributed by atoms with Crippen molar-refractivity contribution in [2.45, 2.75) is 26.6 Å². The van der Waals surface area contributed by atoms with Crippen LogP contribution in [0.25, 0.3) is 22.3 Å². The average Bonchev–Trinajstić information content (AvgIpc) is 3.24. The monoisotopic (exact) mass is 414 g/mol. The zero-order valence-electron chi connectivity index (χ0n) is 16.1. The first-order valence-corrected chi connectivity index (χ1v) is 9.09. The summed E-state index contributed by atoms with van der Waals surface area (Å²) < 4.78 is 42.2. The molecule has 0 saturated carbocycles. The number of carbonyl (C=O) groups excluding carboxylic acids is 1. The highest BCUT2D eigenvalue weighted by Crippen LogP contribution is 2.34. The second kappa shape index (κ2) is 7.33. The molecule has 0 fully saturated rings. The fourth-order valence-corrected chi connectivity index (χ4v) is 3.23. The highest BCUT2D eigenvalue weighted by Gasteiger charge is 2.32. The molecule has 30 heavy (non-hydrogen) atoms. The molecule has 0 atom stereocenters. The molecule has 0 saturated heterocycles. The molecule has 154 valence electrons. The van der Waals surface area contributed by atoms with Crippen LogP contribution in [0.1, 0.15) is 27.3 Å². The Kier molecular flexibility index (Phi) is 4.81. The SMILES string of the molecule is Cc1[nH]nc(C(=O)Cc2cnc3[nH]c(-c4ccccc4OC(F)(F)F)cc3c2)c1C. The Morgan fingerprint density at radius 1 is 1.17 bits per heavy atom. The third kappa shape index (κ3) is 3.91. The van der Waals surface area contributed by atoms with Crippen molar-refractivity contribution in [1.29, 1.82) is 0 Å². The summed E-state index contributed by atoms with van der Waals surface area (Å²) >= 11 is 0. The number of Topliss-reactive ketones (excluding diaryl/α,β-unsaturated/α-hetero) is 1. The lowest BCUT2D eigenvalue weighted by molar-refractivity contribution is -0.274. The molecule has 0 aliphatic heterocycles. The number of ether oxygens (including phenoxy) is 1. The number of hydrogen-bond acceptors (Lipinski definition) is 4. The number of ketones is 1. The minimum atomic E-state index is -4.79. The Labute approximate surface area is 169 Å². The second-order valence-electron chi connectivity index (χ2n) is 6.93. The van der Waals surface area contributed by atoms with Crippen LogP contribution in [0.15, 0.2) is 42.6 Å². The number of pyridine rings is 1. The molecule has 0 aliphatic carbocycles. The number of aromatic nitrogens is 4. The number of alkyl halides is 3. The molecule has 4 aromatic rings. The number of para-hydroxylation sites is 1. The van der Waals surface area contributed by atoms with E-state index in [2.05, 4.69) is 24.9 Å². The lowest BCUT2D eigenvalue weighted by Gasteiger charge is -2.12. The van der Waals surface area contributed by atoms with Gasteiger partial charge in [-0.3, -0.25) is 9.89 Å². The van der Waals surface area contributed by atoms with Gasteiger partial charge in [0.25, 0.3) is 0 Å². The molecule has 3 aromatic heterocycles. The number of nitrogens with zero attached hydrogens (tertiary/aromatic N) is 2. The lowest BCUT2D eigenvalue weighted by atomic mass is 10.0. The molecule has 6 nitrogen and oxygen atoms in total. The molecule has 0 bridgehead atoms. The van der Waals surface area contributed by atoms with Crippen LogP contribution in [0.3, 0.4) is 0 Å². The van der Waals surface area contributed by atoms with E-state index in [1.165, 1.54) is 18.2 Å². The van der Waals surface area contributed by atoms with Gasteiger partial charge in [-0.25, -0.2) is 4.98 Å². The maximum absolute atomic E-state index is 12.7. The molecule has 0 spiro atoms. The summed E-state index contributed by atoms with van der Waals surface area (Å²) in [5.74, 6) is -0.450. The first-order valence-electron chi connectivity index (χ1n) is 9.09. The number of aryl methyl sites for hydroxylation is 1. The van der Waals surface area contributed by atoms with Gasteiger partial charge in [0.1, 0.15) is 17.1 Å². The highest BCUT2D eigenvalue weighted by atomic mass is 19.4. The molecule has 0 amide bonds. The number of aromatic amines is 2. The lowest BCUT2D eigenvalue weighted by Crippen LogP contribution is -2.17. The molecule has 1 aromatic carbocycles. The van der Waals surface area contributed by atoms with E-state index >= 15 is 0 Å². The molecule has 3 heterocycles. The first kappa shape index (κ1) is 19.7. The van der Waals surface area contributed by atoms with E-state index in [0.29, 0.717) is 28.0 Å². The standard InChI is InChI=1S/C21H17F3N4O2/c1-11-12(2)27-28-19(11)17(29)8-13-7-14-9-16(26-20(14)25-10-13)15-5-3-4-6-18(15)30-21(22,23)24/h3-7,9-10H,8H2,1-2H3,(H,25,26)(H,27,28). The summed E-state index contributed by atoms with van der Waals surface area (Å²) in [4.78, 5) is 19.9. The third-order valence-electron chi connectivity index (χ3n) is 4.81. The van der Waals surface area contributed by atoms with Crippen LogP contribution in [0.5, 0.6) is 5.75 Å². The number of halogens is 3. The van der Waals surface area contributed by atoms with Gasteiger partial charge in [-0.2, -0.15) is 5.10 Å². The second-order valence-corrected chi connectivity index (χ2v) is 6.93. The maximum atomic E-state index is 12.7. The van der Waals surface area contributed by atoms with Crippen molar-refractivity contribution < 1.29 is 22.7 Å². The maximum Gasteiger partial charge on any atom is 0.573 e. The smallest absolute Gasteiger partial charge is 0.405 e. The number of H-pyrrole nitrogens is 2. The number of hydrogen-bond donors (Lipinski definition) is 2. The largest absolute Gasteiger partial charge is 0.573 e. The van der Waals surface area contributed by atoms with Crippen LogP contribution < -0.4 is 4.74 Å². The van der Waals surface area contributed by atoms with Crippen molar-refractivity contribution in [3.8, 4) is 17.0 Å². The molecule has 4 rings (SSSR count). The minimum absolute atomic E-state index is 0.113. The molecule has 9 heteroatoms. The van der Waals surface area contributed by atoms with Gasteiger partial charge in [-0.05, 0) is 43.7 Å². The Morgan fingerprint density at radius 3 is 2.63 bits per heavy atom. The summed E-state index contributed by atoms with van der Waals surface area (Å²) in [6, 6.07) is 9.32. The van der Waals surface area contributed by atoms with Crippen LogP contribution in [0.2, 0.25) is 0 Å². The normalized spacial score (nSPS) is 11.8. The van der Waals surface area contributed by atoms with Crippen LogP contribution in [0.4, 0.5) is 13.2 Å². The number of fused-ring (bicyclic) bond motifs is 1. The van der Waals surface area contributed by atoms with Crippen molar-refractivity contribution >= 4 is 16.8 Å². The van der Waals surface area contributed by atoms with Crippen LogP contribution >= 0.6 is 0 Å². The topological polar surface area (TPSA) is 83.7 Å². The Morgan fingerprint density at radius 2 is 1.93 bits per heavy atom. The van der Waals surface area contributed by atoms with Crippen LogP contribution in [0, 0.1) is 13.8 Å². The van der Waals surface area contributed by atoms with Crippen molar-refractivity contribution in [1.82, 2.24) is 20.2 Å². The summed E-state index contributed by atoms with van der Waals surface area (Å²) in [6.07, 6.45) is -3.12. The van der Waals surface area contributed by atoms with Gasteiger partial charge in [0.05, 0.1) is 5.69 Å². The molecule has 0 aliphatic rings. The van der Waals surface area contributed by atoms with Gasteiger partial charge < -0.3 is 9.72 Å². The fraction of sp³-hybridized carbons (Fsp3) is 0.190. The summed E-state index contributed by atoms with van der Waals surface area (Å²) in [5, 5.41) is 7.52. The van der Waals surface area contributed by atoms with E-state index in [0.717, 1.165) is 11.3 Å². The van der Waals surface area contributed by atoms with Crippen LogP contribution in [-0.4, -0.2) is 32.3 Å². The van der Waals surface area contributed by atoms with E-state index < -0.39 is 6.36 Å². The van der Waals surface area contributed by atoms with E-state index in [1.54, 1.807) is 24.4 Å². The van der Waals surface area contributed by atoms with E-state index in [9.17, 15) is 18.0 Å².